The van der Waals surface area contributed by atoms with Crippen LogP contribution in [0, 0.1) is 6.92 Å². The number of nitrogens with zero attached hydrogens (tertiary/aromatic N) is 2. The number of nitrogens with one attached hydrogen (secondary N) is 1. The van der Waals surface area contributed by atoms with Crippen molar-refractivity contribution in [2.24, 2.45) is 0 Å². The normalized spacial score (nSPS) is 16.4. The molecular weight excluding hydrogens is 526 g/mol. The number of benzene rings is 1. The number of hydrogen-bond acceptors (Lipinski definition) is 8. The number of aryl methyl sites for hydroxylation is 1. The molecule has 12 heteroatoms. The molecule has 0 unspecified atom stereocenters. The highest BCUT2D eigenvalue weighted by molar-refractivity contribution is 7.69. The number of thiol groups is 1. The first-order valence-corrected chi connectivity index (χ1v) is 14.0. The van der Waals surface area contributed by atoms with E-state index in [1.54, 1.807) is 7.05 Å². The third kappa shape index (κ3) is 5.77. The predicted molar refractivity (Wildman–Crippen MR) is 142 cm³/mol. The first-order chi connectivity index (χ1) is 18.7. The van der Waals surface area contributed by atoms with Crippen LogP contribution < -0.4 is 5.32 Å². The zero-order valence-corrected chi connectivity index (χ0v) is 22.7. The zero-order valence-electron chi connectivity index (χ0n) is 21.8. The minimum absolute atomic E-state index is 0.0413. The molecule has 1 aromatic carbocycles. The molecule has 1 aliphatic heterocycles. The molecule has 2 aromatic heterocycles. The molecule has 5 rings (SSSR count). The number of ether oxygens (including phenoxy) is 2. The summed E-state index contributed by atoms with van der Waals surface area (Å²) < 4.78 is 41.9. The Morgan fingerprint density at radius 1 is 1.23 bits per heavy atom. The zero-order chi connectivity index (χ0) is 27.7. The van der Waals surface area contributed by atoms with Gasteiger partial charge in [-0.1, -0.05) is 29.8 Å². The highest BCUT2D eigenvalue weighted by Crippen LogP contribution is 2.44. The SMILES string of the molecule is CNC(=O)c1c(-c2ccc(C)cc2)oc2nc(CN(CCCC3(OC(=O)O)COC3)[SH](=O)=O)c(C3CC3)cc12. The van der Waals surface area contributed by atoms with Crippen molar-refractivity contribution in [1.82, 2.24) is 14.6 Å². The average molecular weight is 558 g/mol. The Bertz CT molecular complexity index is 1460. The quantitative estimate of drug-likeness (QED) is 0.237. The van der Waals surface area contributed by atoms with Crippen LogP contribution in [0.15, 0.2) is 34.7 Å². The number of amides is 1. The Labute approximate surface area is 227 Å². The maximum Gasteiger partial charge on any atom is 0.506 e. The van der Waals surface area contributed by atoms with E-state index in [4.69, 9.17) is 24.0 Å². The fourth-order valence-electron chi connectivity index (χ4n) is 4.95. The minimum Gasteiger partial charge on any atom is -0.450 e. The van der Waals surface area contributed by atoms with Gasteiger partial charge in [0.05, 0.1) is 36.4 Å². The maximum atomic E-state index is 13.0. The smallest absolute Gasteiger partial charge is 0.450 e. The fraction of sp³-hybridized carbons (Fsp3) is 0.444. The molecule has 0 atom stereocenters. The van der Waals surface area contributed by atoms with Crippen molar-refractivity contribution in [3.63, 3.8) is 0 Å². The summed E-state index contributed by atoms with van der Waals surface area (Å²) in [6.07, 6.45) is 1.26. The molecule has 3 heterocycles. The van der Waals surface area contributed by atoms with Crippen molar-refractivity contribution < 1.29 is 37.0 Å². The molecule has 1 amide bonds. The Kier molecular flexibility index (Phi) is 7.61. The molecule has 1 aliphatic carbocycles. The molecule has 208 valence electrons. The summed E-state index contributed by atoms with van der Waals surface area (Å²) in [6.45, 7) is 2.50. The molecule has 1 saturated carbocycles. The molecule has 0 spiro atoms. The third-order valence-corrected chi connectivity index (χ3v) is 8.03. The van der Waals surface area contributed by atoms with Crippen LogP contribution in [0.1, 0.15) is 58.8 Å². The van der Waals surface area contributed by atoms with Crippen molar-refractivity contribution in [3.05, 3.63) is 52.7 Å². The van der Waals surface area contributed by atoms with Gasteiger partial charge in [0, 0.05) is 19.2 Å². The van der Waals surface area contributed by atoms with Crippen LogP contribution in [-0.2, 0) is 26.9 Å². The second-order valence-corrected chi connectivity index (χ2v) is 11.2. The molecule has 11 nitrogen and oxygen atoms in total. The van der Waals surface area contributed by atoms with Gasteiger partial charge in [-0.15, -0.1) is 0 Å². The molecule has 2 N–H and O–H groups in total. The van der Waals surface area contributed by atoms with Crippen LogP contribution in [0.5, 0.6) is 0 Å². The summed E-state index contributed by atoms with van der Waals surface area (Å²) >= 11 is 0. The first-order valence-electron chi connectivity index (χ1n) is 12.8. The summed E-state index contributed by atoms with van der Waals surface area (Å²) in [5, 5.41) is 12.3. The second-order valence-electron chi connectivity index (χ2n) is 10.2. The predicted octanol–water partition coefficient (Wildman–Crippen LogP) is 3.61. The second kappa shape index (κ2) is 10.9. The van der Waals surface area contributed by atoms with Gasteiger partial charge in [-0.2, -0.15) is 4.31 Å². The van der Waals surface area contributed by atoms with Crippen LogP contribution in [0.3, 0.4) is 0 Å². The Morgan fingerprint density at radius 3 is 2.51 bits per heavy atom. The Hall–Kier alpha value is -3.48. The van der Waals surface area contributed by atoms with Crippen LogP contribution in [-0.4, -0.2) is 67.3 Å². The summed E-state index contributed by atoms with van der Waals surface area (Å²) in [5.74, 6) is 0.356. The number of carboxylic acid groups (broad SMARTS) is 1. The summed E-state index contributed by atoms with van der Waals surface area (Å²) in [4.78, 5) is 28.7. The Morgan fingerprint density at radius 2 is 1.95 bits per heavy atom. The van der Waals surface area contributed by atoms with E-state index in [-0.39, 0.29) is 43.8 Å². The lowest BCUT2D eigenvalue weighted by molar-refractivity contribution is -0.189. The summed E-state index contributed by atoms with van der Waals surface area (Å²) in [7, 11) is -1.37. The highest BCUT2D eigenvalue weighted by atomic mass is 32.2. The van der Waals surface area contributed by atoms with E-state index in [1.807, 2.05) is 37.3 Å². The number of aromatic nitrogens is 1. The van der Waals surface area contributed by atoms with Gasteiger partial charge in [-0.25, -0.2) is 18.2 Å². The minimum atomic E-state index is -2.94. The van der Waals surface area contributed by atoms with Crippen LogP contribution in [0.25, 0.3) is 22.4 Å². The average Bonchev–Trinajstić information content (AvgIpc) is 3.66. The van der Waals surface area contributed by atoms with E-state index in [1.165, 1.54) is 4.31 Å². The molecule has 2 aliphatic rings. The molecular formula is C27H31N3O8S. The largest absolute Gasteiger partial charge is 0.506 e. The van der Waals surface area contributed by atoms with E-state index in [0.717, 1.165) is 29.5 Å². The Balaban J connectivity index is 1.45. The van der Waals surface area contributed by atoms with E-state index >= 15 is 0 Å². The van der Waals surface area contributed by atoms with Gasteiger partial charge in [0.15, 0.2) is 5.60 Å². The third-order valence-electron chi connectivity index (χ3n) is 7.23. The van der Waals surface area contributed by atoms with Crippen molar-refractivity contribution in [2.45, 2.75) is 50.7 Å². The lowest BCUT2D eigenvalue weighted by atomic mass is 9.95. The number of fused-ring (bicyclic) bond motifs is 1. The number of carbonyl (C=O) groups excluding carboxylic acids is 1. The van der Waals surface area contributed by atoms with E-state index in [2.05, 4.69) is 5.32 Å². The number of rotatable bonds is 11. The van der Waals surface area contributed by atoms with Gasteiger partial charge >= 0.3 is 6.16 Å². The topological polar surface area (TPSA) is 148 Å². The fourth-order valence-corrected chi connectivity index (χ4v) is 5.51. The van der Waals surface area contributed by atoms with Gasteiger partial charge in [0.25, 0.3) is 5.91 Å². The van der Waals surface area contributed by atoms with Gasteiger partial charge < -0.3 is 24.3 Å². The molecule has 39 heavy (non-hydrogen) atoms. The van der Waals surface area contributed by atoms with Gasteiger partial charge in [0.1, 0.15) is 5.76 Å². The number of furan rings is 1. The van der Waals surface area contributed by atoms with Crippen molar-refractivity contribution in [2.75, 3.05) is 26.8 Å². The van der Waals surface area contributed by atoms with Crippen molar-refractivity contribution in [1.29, 1.82) is 0 Å². The number of carbonyl (C=O) groups is 2. The van der Waals surface area contributed by atoms with Gasteiger partial charge in [-0.3, -0.25) is 4.79 Å². The highest BCUT2D eigenvalue weighted by Gasteiger charge is 2.42. The molecule has 0 bridgehead atoms. The van der Waals surface area contributed by atoms with Gasteiger partial charge in [-0.05, 0) is 50.2 Å². The number of pyridine rings is 1. The first kappa shape index (κ1) is 27.1. The van der Waals surface area contributed by atoms with Crippen molar-refractivity contribution in [3.8, 4) is 11.3 Å². The number of hydrogen-bond donors (Lipinski definition) is 3. The van der Waals surface area contributed by atoms with Crippen LogP contribution in [0.2, 0.25) is 0 Å². The molecule has 1 saturated heterocycles. The van der Waals surface area contributed by atoms with E-state index < -0.39 is 22.6 Å². The molecule has 0 radical (unpaired) electrons. The summed E-state index contributed by atoms with van der Waals surface area (Å²) in [6, 6.07) is 9.57. The van der Waals surface area contributed by atoms with E-state index in [0.29, 0.717) is 35.2 Å². The monoisotopic (exact) mass is 557 g/mol. The molecule has 2 fully saturated rings. The van der Waals surface area contributed by atoms with Crippen molar-refractivity contribution >= 4 is 34.1 Å². The lowest BCUT2D eigenvalue weighted by Crippen LogP contribution is -2.53. The standard InChI is InChI=1S/C27H31N3O8S/c1-16-4-6-18(7-5-16)23-22(24(31)28-2)20-12-19(17-8-9-17)21(29-25(20)37-23)13-30(39(34)35)11-3-10-27(14-36-15-27)38-26(32)33/h4-7,12,17,39H,3,8-11,13-15H2,1-2H3,(H,28,31)(H,32,33). The lowest BCUT2D eigenvalue weighted by Gasteiger charge is -2.39. The van der Waals surface area contributed by atoms with E-state index in [9.17, 15) is 18.0 Å². The molecule has 3 aromatic rings. The van der Waals surface area contributed by atoms with Crippen LogP contribution >= 0.6 is 0 Å². The van der Waals surface area contributed by atoms with Crippen LogP contribution in [0.4, 0.5) is 4.79 Å². The maximum absolute atomic E-state index is 13.0. The van der Waals surface area contributed by atoms with Gasteiger partial charge in [0.2, 0.25) is 16.6 Å². The summed E-state index contributed by atoms with van der Waals surface area (Å²) in [5.41, 5.74) is 3.04.